The molecule has 0 bridgehead atoms. The number of imide groups is 1. The predicted molar refractivity (Wildman–Crippen MR) is 117 cm³/mol. The van der Waals surface area contributed by atoms with Gasteiger partial charge in [-0.2, -0.15) is 0 Å². The minimum absolute atomic E-state index is 0.0392. The third-order valence-corrected chi connectivity index (χ3v) is 6.41. The van der Waals surface area contributed by atoms with Crippen LogP contribution in [0.2, 0.25) is 0 Å². The summed E-state index contributed by atoms with van der Waals surface area (Å²) in [6.07, 6.45) is 2.23. The van der Waals surface area contributed by atoms with Gasteiger partial charge in [0.25, 0.3) is 5.91 Å². The van der Waals surface area contributed by atoms with Crippen LogP contribution in [0.3, 0.4) is 0 Å². The summed E-state index contributed by atoms with van der Waals surface area (Å²) in [4.78, 5) is 41.5. The van der Waals surface area contributed by atoms with Crippen LogP contribution in [-0.4, -0.2) is 41.9 Å². The van der Waals surface area contributed by atoms with Gasteiger partial charge in [0.2, 0.25) is 5.91 Å². The molecule has 1 saturated carbocycles. The number of likely N-dealkylation sites (N-methyl/N-ethyl adjacent to an activating group) is 1. The number of hydrogen-bond acceptors (Lipinski definition) is 3. The van der Waals surface area contributed by atoms with Gasteiger partial charge in [0.05, 0.1) is 0 Å². The van der Waals surface area contributed by atoms with E-state index in [1.165, 1.54) is 4.90 Å². The zero-order valence-electron chi connectivity index (χ0n) is 18.1. The number of carbonyl (C=O) groups is 3. The topological polar surface area (TPSA) is 69.7 Å². The lowest BCUT2D eigenvalue weighted by Gasteiger charge is -2.43. The van der Waals surface area contributed by atoms with E-state index in [-0.39, 0.29) is 23.8 Å². The van der Waals surface area contributed by atoms with Gasteiger partial charge in [-0.05, 0) is 53.5 Å². The molecule has 1 spiro atoms. The standard InChI is InChI=1S/C24H29N3O3/c1-16-12-23(2,3)15-24(13-16)21(29)27(22(30)25-24)14-20(28)26(4)19-10-9-17-7-5-6-8-18(17)11-19/h5-11,16H,12-15H2,1-4H3,(H,25,30). The van der Waals surface area contributed by atoms with Crippen LogP contribution >= 0.6 is 0 Å². The zero-order valence-corrected chi connectivity index (χ0v) is 18.1. The summed E-state index contributed by atoms with van der Waals surface area (Å²) in [7, 11) is 1.67. The maximum Gasteiger partial charge on any atom is 0.325 e. The molecule has 1 aliphatic heterocycles. The Labute approximate surface area is 177 Å². The van der Waals surface area contributed by atoms with Gasteiger partial charge < -0.3 is 10.2 Å². The molecule has 6 nitrogen and oxygen atoms in total. The van der Waals surface area contributed by atoms with Crippen molar-refractivity contribution in [3.63, 3.8) is 0 Å². The molecule has 2 aliphatic rings. The van der Waals surface area contributed by atoms with Crippen LogP contribution in [0.1, 0.15) is 40.0 Å². The summed E-state index contributed by atoms with van der Waals surface area (Å²) in [6, 6.07) is 13.2. The maximum atomic E-state index is 13.3. The average Bonchev–Trinajstić information content (AvgIpc) is 2.88. The van der Waals surface area contributed by atoms with Crippen molar-refractivity contribution >= 4 is 34.3 Å². The van der Waals surface area contributed by atoms with E-state index in [2.05, 4.69) is 26.1 Å². The first kappa shape index (κ1) is 20.4. The monoisotopic (exact) mass is 407 g/mol. The molecule has 2 unspecified atom stereocenters. The van der Waals surface area contributed by atoms with Crippen LogP contribution in [0.25, 0.3) is 10.8 Å². The number of hydrogen-bond donors (Lipinski definition) is 1. The van der Waals surface area contributed by atoms with Crippen molar-refractivity contribution in [1.82, 2.24) is 10.2 Å². The second-order valence-electron chi connectivity index (χ2n) is 9.74. The Morgan fingerprint density at radius 2 is 1.83 bits per heavy atom. The molecular weight excluding hydrogens is 378 g/mol. The highest BCUT2D eigenvalue weighted by molar-refractivity contribution is 6.10. The van der Waals surface area contributed by atoms with Crippen molar-refractivity contribution in [1.29, 1.82) is 0 Å². The van der Waals surface area contributed by atoms with E-state index < -0.39 is 11.6 Å². The molecular formula is C24H29N3O3. The lowest BCUT2D eigenvalue weighted by atomic mass is 9.64. The van der Waals surface area contributed by atoms with Crippen LogP contribution in [0.4, 0.5) is 10.5 Å². The van der Waals surface area contributed by atoms with Crippen molar-refractivity contribution in [2.24, 2.45) is 11.3 Å². The first-order chi connectivity index (χ1) is 14.1. The lowest BCUT2D eigenvalue weighted by molar-refractivity contribution is -0.137. The fourth-order valence-corrected chi connectivity index (χ4v) is 5.42. The Balaban J connectivity index is 1.52. The Morgan fingerprint density at radius 1 is 1.13 bits per heavy atom. The van der Waals surface area contributed by atoms with E-state index >= 15 is 0 Å². The van der Waals surface area contributed by atoms with Crippen LogP contribution in [0.15, 0.2) is 42.5 Å². The Kier molecular flexibility index (Phi) is 4.83. The van der Waals surface area contributed by atoms with E-state index in [0.29, 0.717) is 18.8 Å². The van der Waals surface area contributed by atoms with Crippen LogP contribution < -0.4 is 10.2 Å². The molecule has 1 saturated heterocycles. The number of benzene rings is 2. The highest BCUT2D eigenvalue weighted by Gasteiger charge is 2.56. The van der Waals surface area contributed by atoms with Crippen molar-refractivity contribution in [3.8, 4) is 0 Å². The molecule has 2 fully saturated rings. The normalized spacial score (nSPS) is 25.6. The fraction of sp³-hybridized carbons (Fsp3) is 0.458. The lowest BCUT2D eigenvalue weighted by Crippen LogP contribution is -2.54. The number of rotatable bonds is 3. The molecule has 4 rings (SSSR count). The highest BCUT2D eigenvalue weighted by Crippen LogP contribution is 2.46. The molecule has 158 valence electrons. The van der Waals surface area contributed by atoms with Gasteiger partial charge >= 0.3 is 6.03 Å². The van der Waals surface area contributed by atoms with Gasteiger partial charge in [-0.25, -0.2) is 4.79 Å². The predicted octanol–water partition coefficient (Wildman–Crippen LogP) is 3.94. The smallest absolute Gasteiger partial charge is 0.323 e. The number of amides is 4. The van der Waals surface area contributed by atoms with E-state index in [4.69, 9.17) is 0 Å². The maximum absolute atomic E-state index is 13.3. The number of nitrogens with one attached hydrogen (secondary N) is 1. The van der Waals surface area contributed by atoms with E-state index in [0.717, 1.165) is 27.8 Å². The van der Waals surface area contributed by atoms with Gasteiger partial charge in [-0.15, -0.1) is 0 Å². The van der Waals surface area contributed by atoms with Gasteiger partial charge in [0.15, 0.2) is 0 Å². The summed E-state index contributed by atoms with van der Waals surface area (Å²) in [5.41, 5.74) is -0.198. The van der Waals surface area contributed by atoms with Gasteiger partial charge in [0, 0.05) is 12.7 Å². The van der Waals surface area contributed by atoms with Crippen molar-refractivity contribution in [3.05, 3.63) is 42.5 Å². The molecule has 1 heterocycles. The molecule has 2 aromatic carbocycles. The molecule has 0 aromatic heterocycles. The fourth-order valence-electron chi connectivity index (χ4n) is 5.42. The summed E-state index contributed by atoms with van der Waals surface area (Å²) < 4.78 is 0. The number of urea groups is 1. The van der Waals surface area contributed by atoms with Crippen molar-refractivity contribution in [2.75, 3.05) is 18.5 Å². The molecule has 1 N–H and O–H groups in total. The second-order valence-corrected chi connectivity index (χ2v) is 9.74. The van der Waals surface area contributed by atoms with Crippen molar-refractivity contribution in [2.45, 2.75) is 45.6 Å². The largest absolute Gasteiger partial charge is 0.325 e. The zero-order chi connectivity index (χ0) is 21.7. The number of carbonyl (C=O) groups excluding carboxylic acids is 3. The summed E-state index contributed by atoms with van der Waals surface area (Å²) in [5, 5.41) is 5.05. The summed E-state index contributed by atoms with van der Waals surface area (Å²) >= 11 is 0. The summed E-state index contributed by atoms with van der Waals surface area (Å²) in [5.74, 6) is -0.240. The number of fused-ring (bicyclic) bond motifs is 1. The quantitative estimate of drug-likeness (QED) is 0.784. The van der Waals surface area contributed by atoms with E-state index in [1.807, 2.05) is 42.5 Å². The Morgan fingerprint density at radius 3 is 2.53 bits per heavy atom. The van der Waals surface area contributed by atoms with Gasteiger partial charge in [-0.3, -0.25) is 14.5 Å². The van der Waals surface area contributed by atoms with Gasteiger partial charge in [0.1, 0.15) is 12.1 Å². The third-order valence-electron chi connectivity index (χ3n) is 6.41. The van der Waals surface area contributed by atoms with Crippen LogP contribution in [0, 0.1) is 11.3 Å². The number of anilines is 1. The van der Waals surface area contributed by atoms with Gasteiger partial charge in [-0.1, -0.05) is 51.1 Å². The molecule has 0 radical (unpaired) electrons. The van der Waals surface area contributed by atoms with Crippen LogP contribution in [-0.2, 0) is 9.59 Å². The minimum atomic E-state index is -0.889. The average molecular weight is 408 g/mol. The Bertz CT molecular complexity index is 1030. The molecule has 2 atom stereocenters. The molecule has 4 amide bonds. The third kappa shape index (κ3) is 3.55. The van der Waals surface area contributed by atoms with E-state index in [9.17, 15) is 14.4 Å². The first-order valence-electron chi connectivity index (χ1n) is 10.5. The minimum Gasteiger partial charge on any atom is -0.323 e. The van der Waals surface area contributed by atoms with Crippen molar-refractivity contribution < 1.29 is 14.4 Å². The Hall–Kier alpha value is -2.89. The van der Waals surface area contributed by atoms with E-state index in [1.54, 1.807) is 7.05 Å². The first-order valence-corrected chi connectivity index (χ1v) is 10.5. The number of nitrogens with zero attached hydrogens (tertiary/aromatic N) is 2. The molecule has 1 aliphatic carbocycles. The summed E-state index contributed by atoms with van der Waals surface area (Å²) in [6.45, 7) is 6.12. The SMILES string of the molecule is CC1CC(C)(C)CC2(C1)NC(=O)N(CC(=O)N(C)c1ccc3ccccc3c1)C2=O. The molecule has 2 aromatic rings. The molecule has 6 heteroatoms. The molecule has 30 heavy (non-hydrogen) atoms. The second kappa shape index (κ2) is 7.11. The highest BCUT2D eigenvalue weighted by atomic mass is 16.2. The van der Waals surface area contributed by atoms with Crippen LogP contribution in [0.5, 0.6) is 0 Å².